The average molecular weight is 194 g/mol. The Labute approximate surface area is 83.1 Å². The Bertz CT molecular complexity index is 340. The first kappa shape index (κ1) is 9.44. The number of ketones is 1. The molecule has 3 nitrogen and oxygen atoms in total. The molecule has 1 aliphatic carbocycles. The van der Waals surface area contributed by atoms with Crippen molar-refractivity contribution in [1.29, 1.82) is 0 Å². The highest BCUT2D eigenvalue weighted by molar-refractivity contribution is 6.01. The van der Waals surface area contributed by atoms with Crippen molar-refractivity contribution in [3.63, 3.8) is 0 Å². The zero-order chi connectivity index (χ0) is 10.6. The summed E-state index contributed by atoms with van der Waals surface area (Å²) in [5.41, 5.74) is -1.07. The summed E-state index contributed by atoms with van der Waals surface area (Å²) in [5.74, 6) is -0.379. The van der Waals surface area contributed by atoms with Gasteiger partial charge in [-0.05, 0) is 18.4 Å². The highest BCUT2D eigenvalue weighted by Gasteiger charge is 2.57. The van der Waals surface area contributed by atoms with Crippen LogP contribution in [0.25, 0.3) is 0 Å². The number of ether oxygens (including phenoxy) is 1. The molecule has 0 bridgehead atoms. The van der Waals surface area contributed by atoms with E-state index in [0.717, 1.165) is 0 Å². The van der Waals surface area contributed by atoms with E-state index in [1.807, 2.05) is 19.9 Å². The normalized spacial score (nSPS) is 39.5. The minimum Gasteiger partial charge on any atom is -0.451 e. The highest BCUT2D eigenvalue weighted by Crippen LogP contribution is 2.48. The summed E-state index contributed by atoms with van der Waals surface area (Å²) in [5, 5.41) is 0. The lowest BCUT2D eigenvalue weighted by Gasteiger charge is -2.39. The summed E-state index contributed by atoms with van der Waals surface area (Å²) in [6, 6.07) is 0. The lowest BCUT2D eigenvalue weighted by molar-refractivity contribution is -0.157. The number of hydrogen-bond donors (Lipinski definition) is 0. The van der Waals surface area contributed by atoms with Gasteiger partial charge in [0.2, 0.25) is 0 Å². The number of carbonyl (C=O) groups is 2. The molecule has 1 heterocycles. The van der Waals surface area contributed by atoms with E-state index in [1.54, 1.807) is 6.92 Å². The molecule has 2 aliphatic rings. The maximum Gasteiger partial charge on any atom is 0.307 e. The van der Waals surface area contributed by atoms with Crippen LogP contribution in [0.4, 0.5) is 0 Å². The fraction of sp³-hybridized carbons (Fsp3) is 0.636. The van der Waals surface area contributed by atoms with E-state index in [9.17, 15) is 9.59 Å². The topological polar surface area (TPSA) is 43.4 Å². The molecule has 0 aromatic heterocycles. The van der Waals surface area contributed by atoms with E-state index in [-0.39, 0.29) is 23.1 Å². The molecule has 0 aromatic rings. The molecule has 1 aliphatic heterocycles. The maximum absolute atomic E-state index is 11.7. The molecule has 0 amide bonds. The van der Waals surface area contributed by atoms with Crippen LogP contribution in [0.1, 0.15) is 27.2 Å². The zero-order valence-electron chi connectivity index (χ0n) is 8.66. The van der Waals surface area contributed by atoms with Crippen molar-refractivity contribution in [3.05, 3.63) is 12.2 Å². The minimum absolute atomic E-state index is 0.0278. The quantitative estimate of drug-likeness (QED) is 0.548. The van der Waals surface area contributed by atoms with Gasteiger partial charge in [0, 0.05) is 5.92 Å². The summed E-state index contributed by atoms with van der Waals surface area (Å²) in [4.78, 5) is 22.9. The monoisotopic (exact) mass is 194 g/mol. The van der Waals surface area contributed by atoms with Gasteiger partial charge in [-0.3, -0.25) is 9.59 Å². The Morgan fingerprint density at radius 3 is 2.57 bits per heavy atom. The molecule has 0 unspecified atom stereocenters. The van der Waals surface area contributed by atoms with E-state index in [0.29, 0.717) is 6.42 Å². The zero-order valence-corrected chi connectivity index (χ0v) is 8.66. The van der Waals surface area contributed by atoms with Crippen LogP contribution in [0.2, 0.25) is 0 Å². The van der Waals surface area contributed by atoms with Gasteiger partial charge < -0.3 is 4.74 Å². The van der Waals surface area contributed by atoms with Gasteiger partial charge in [-0.1, -0.05) is 19.9 Å². The highest BCUT2D eigenvalue weighted by atomic mass is 16.6. The van der Waals surface area contributed by atoms with Gasteiger partial charge in [0.05, 0.1) is 6.42 Å². The van der Waals surface area contributed by atoms with Gasteiger partial charge in [0.1, 0.15) is 0 Å². The Balaban J connectivity index is 2.49. The van der Waals surface area contributed by atoms with Crippen LogP contribution in [-0.4, -0.2) is 17.4 Å². The Kier molecular flexibility index (Phi) is 1.66. The van der Waals surface area contributed by atoms with Crippen molar-refractivity contribution in [1.82, 2.24) is 0 Å². The van der Waals surface area contributed by atoms with Crippen molar-refractivity contribution in [2.75, 3.05) is 0 Å². The van der Waals surface area contributed by atoms with E-state index < -0.39 is 5.60 Å². The number of hydrogen-bond acceptors (Lipinski definition) is 3. The van der Waals surface area contributed by atoms with Crippen LogP contribution in [0.3, 0.4) is 0 Å². The Morgan fingerprint density at radius 2 is 2.00 bits per heavy atom. The molecule has 3 heteroatoms. The van der Waals surface area contributed by atoms with Crippen molar-refractivity contribution < 1.29 is 14.3 Å². The molecule has 0 spiro atoms. The first-order valence-corrected chi connectivity index (χ1v) is 4.82. The summed E-state index contributed by atoms with van der Waals surface area (Å²) in [6.45, 7) is 5.78. The standard InChI is InChI=1S/C11H14O3/c1-10(2)5-4-8(12)11(3)7(10)6-9(13)14-11/h4-5,7H,6H2,1-3H3/t7-,11-/m1/s1. The maximum atomic E-state index is 11.7. The minimum atomic E-state index is -0.921. The lowest BCUT2D eigenvalue weighted by Crippen LogP contribution is -2.48. The molecule has 1 fully saturated rings. The van der Waals surface area contributed by atoms with Gasteiger partial charge in [-0.25, -0.2) is 0 Å². The van der Waals surface area contributed by atoms with Gasteiger partial charge in [0.25, 0.3) is 0 Å². The van der Waals surface area contributed by atoms with E-state index in [4.69, 9.17) is 4.74 Å². The van der Waals surface area contributed by atoms with Crippen LogP contribution in [0, 0.1) is 11.3 Å². The van der Waals surface area contributed by atoms with Gasteiger partial charge in [-0.2, -0.15) is 0 Å². The van der Waals surface area contributed by atoms with Crippen molar-refractivity contribution in [2.24, 2.45) is 11.3 Å². The van der Waals surface area contributed by atoms with Crippen LogP contribution >= 0.6 is 0 Å². The Hall–Kier alpha value is -1.12. The van der Waals surface area contributed by atoms with E-state index in [2.05, 4.69) is 0 Å². The molecule has 0 N–H and O–H groups in total. The molecule has 0 radical (unpaired) electrons. The second kappa shape index (κ2) is 2.47. The molecule has 2 atom stereocenters. The first-order valence-electron chi connectivity index (χ1n) is 4.82. The summed E-state index contributed by atoms with van der Waals surface area (Å²) < 4.78 is 5.16. The lowest BCUT2D eigenvalue weighted by atomic mass is 9.65. The predicted molar refractivity (Wildman–Crippen MR) is 50.5 cm³/mol. The van der Waals surface area contributed by atoms with Gasteiger partial charge >= 0.3 is 5.97 Å². The van der Waals surface area contributed by atoms with Gasteiger partial charge in [0.15, 0.2) is 11.4 Å². The first-order chi connectivity index (χ1) is 6.36. The molecule has 2 rings (SSSR count). The molecule has 76 valence electrons. The smallest absolute Gasteiger partial charge is 0.307 e. The summed E-state index contributed by atoms with van der Waals surface area (Å²) in [7, 11) is 0. The van der Waals surface area contributed by atoms with Crippen molar-refractivity contribution in [3.8, 4) is 0 Å². The molecule has 14 heavy (non-hydrogen) atoms. The molecule has 0 aromatic carbocycles. The van der Waals surface area contributed by atoms with Gasteiger partial charge in [-0.15, -0.1) is 0 Å². The molecular weight excluding hydrogens is 180 g/mol. The number of esters is 1. The fourth-order valence-electron chi connectivity index (χ4n) is 2.48. The third-order valence-corrected chi connectivity index (χ3v) is 3.41. The van der Waals surface area contributed by atoms with Crippen molar-refractivity contribution in [2.45, 2.75) is 32.8 Å². The van der Waals surface area contributed by atoms with Crippen LogP contribution in [0.15, 0.2) is 12.2 Å². The number of rotatable bonds is 0. The Morgan fingerprint density at radius 1 is 1.36 bits per heavy atom. The third-order valence-electron chi connectivity index (χ3n) is 3.41. The molecular formula is C11H14O3. The molecule has 0 saturated carbocycles. The second-order valence-corrected chi connectivity index (χ2v) is 4.86. The number of allylic oxidation sites excluding steroid dienone is 1. The average Bonchev–Trinajstić information content (AvgIpc) is 2.38. The SMILES string of the molecule is CC1(C)C=CC(=O)[C@]2(C)OC(=O)C[C@H]12. The summed E-state index contributed by atoms with van der Waals surface area (Å²) >= 11 is 0. The largest absolute Gasteiger partial charge is 0.451 e. The van der Waals surface area contributed by atoms with Crippen LogP contribution in [0.5, 0.6) is 0 Å². The summed E-state index contributed by atoms with van der Waals surface area (Å²) in [6.07, 6.45) is 3.76. The number of carbonyl (C=O) groups excluding carboxylic acids is 2. The van der Waals surface area contributed by atoms with Crippen LogP contribution in [-0.2, 0) is 14.3 Å². The van der Waals surface area contributed by atoms with E-state index in [1.165, 1.54) is 6.08 Å². The van der Waals surface area contributed by atoms with Crippen molar-refractivity contribution >= 4 is 11.8 Å². The fourth-order valence-corrected chi connectivity index (χ4v) is 2.48. The van der Waals surface area contributed by atoms with E-state index >= 15 is 0 Å². The predicted octanol–water partition coefficient (Wildman–Crippen LogP) is 1.47. The molecule has 1 saturated heterocycles. The second-order valence-electron chi connectivity index (χ2n) is 4.86. The van der Waals surface area contributed by atoms with Crippen LogP contribution < -0.4 is 0 Å². The third kappa shape index (κ3) is 1.04. The number of fused-ring (bicyclic) bond motifs is 1.